The smallest absolute Gasteiger partial charge is 0.323 e. The van der Waals surface area contributed by atoms with E-state index in [0.29, 0.717) is 12.2 Å². The van der Waals surface area contributed by atoms with E-state index in [0.717, 1.165) is 53.3 Å². The number of urea groups is 1. The standard InChI is InChI=1S/C37H39F3N4O/c1-6-7-16-34-41-32-22-21-27(43(5)35(45)42-31-15-11-10-14-30(31)37(38,39)40)23-33(32)44(34)24-25-17-19-26(20-18-25)28-12-8-9-13-29(28)36(2,3)4/h8-15,17-23H,6-7,16,24H2,1-5H3,(H,42,45). The number of hydrogen-bond donors (Lipinski definition) is 1. The number of halogens is 3. The molecule has 1 N–H and O–H groups in total. The first-order chi connectivity index (χ1) is 21.4. The highest BCUT2D eigenvalue weighted by Gasteiger charge is 2.34. The monoisotopic (exact) mass is 612 g/mol. The van der Waals surface area contributed by atoms with Crippen LogP contribution in [0.4, 0.5) is 29.3 Å². The van der Waals surface area contributed by atoms with E-state index in [2.05, 4.69) is 86.1 Å². The average Bonchev–Trinajstić information content (AvgIpc) is 3.35. The van der Waals surface area contributed by atoms with Crippen molar-refractivity contribution in [1.29, 1.82) is 0 Å². The maximum absolute atomic E-state index is 13.5. The number of carbonyl (C=O) groups excluding carboxylic acids is 1. The Labute approximate surface area is 262 Å². The molecule has 4 aromatic carbocycles. The van der Waals surface area contributed by atoms with Crippen LogP contribution in [0, 0.1) is 0 Å². The normalized spacial score (nSPS) is 12.0. The molecule has 5 rings (SSSR count). The second kappa shape index (κ2) is 12.8. The van der Waals surface area contributed by atoms with Gasteiger partial charge in [0.15, 0.2) is 0 Å². The number of imidazole rings is 1. The van der Waals surface area contributed by atoms with E-state index in [1.165, 1.54) is 34.2 Å². The number of para-hydroxylation sites is 1. The zero-order valence-electron chi connectivity index (χ0n) is 26.4. The number of nitrogens with one attached hydrogen (secondary N) is 1. The zero-order chi connectivity index (χ0) is 32.4. The van der Waals surface area contributed by atoms with E-state index in [4.69, 9.17) is 4.98 Å². The van der Waals surface area contributed by atoms with Crippen LogP contribution in [0.1, 0.15) is 63.1 Å². The molecular formula is C37H39F3N4O. The lowest BCUT2D eigenvalue weighted by Crippen LogP contribution is -2.32. The zero-order valence-corrected chi connectivity index (χ0v) is 26.4. The number of anilines is 2. The average molecular weight is 613 g/mol. The summed E-state index contributed by atoms with van der Waals surface area (Å²) in [6, 6.07) is 26.9. The summed E-state index contributed by atoms with van der Waals surface area (Å²) in [6.07, 6.45) is -1.77. The minimum Gasteiger partial charge on any atom is -0.323 e. The third-order valence-electron chi connectivity index (χ3n) is 8.07. The molecule has 1 heterocycles. The van der Waals surface area contributed by atoms with Crippen LogP contribution in [-0.2, 0) is 24.6 Å². The molecule has 2 amide bonds. The van der Waals surface area contributed by atoms with Crippen LogP contribution >= 0.6 is 0 Å². The molecule has 0 unspecified atom stereocenters. The fourth-order valence-electron chi connectivity index (χ4n) is 5.59. The van der Waals surface area contributed by atoms with Crippen molar-refractivity contribution in [2.45, 2.75) is 65.1 Å². The molecule has 0 spiro atoms. The van der Waals surface area contributed by atoms with Crippen LogP contribution in [0.5, 0.6) is 0 Å². The summed E-state index contributed by atoms with van der Waals surface area (Å²) in [7, 11) is 1.54. The first-order valence-electron chi connectivity index (χ1n) is 15.3. The van der Waals surface area contributed by atoms with Crippen LogP contribution in [0.25, 0.3) is 22.2 Å². The molecule has 0 aliphatic heterocycles. The Morgan fingerprint density at radius 3 is 2.22 bits per heavy atom. The van der Waals surface area contributed by atoms with Crippen molar-refractivity contribution in [1.82, 2.24) is 9.55 Å². The Bertz CT molecular complexity index is 1800. The second-order valence-electron chi connectivity index (χ2n) is 12.4. The molecule has 45 heavy (non-hydrogen) atoms. The number of aromatic nitrogens is 2. The number of nitrogens with zero attached hydrogens (tertiary/aromatic N) is 3. The summed E-state index contributed by atoms with van der Waals surface area (Å²) in [6.45, 7) is 9.40. The van der Waals surface area contributed by atoms with Gasteiger partial charge < -0.3 is 9.88 Å². The van der Waals surface area contributed by atoms with Gasteiger partial charge in [0, 0.05) is 25.7 Å². The van der Waals surface area contributed by atoms with Gasteiger partial charge in [0.2, 0.25) is 0 Å². The van der Waals surface area contributed by atoms with Gasteiger partial charge in [-0.3, -0.25) is 4.90 Å². The van der Waals surface area contributed by atoms with Gasteiger partial charge in [0.25, 0.3) is 0 Å². The van der Waals surface area contributed by atoms with Crippen LogP contribution in [0.15, 0.2) is 91.0 Å². The molecule has 0 aliphatic carbocycles. The first-order valence-corrected chi connectivity index (χ1v) is 15.3. The molecule has 0 bridgehead atoms. The number of amides is 2. The lowest BCUT2D eigenvalue weighted by Gasteiger charge is -2.23. The Morgan fingerprint density at radius 1 is 0.889 bits per heavy atom. The van der Waals surface area contributed by atoms with Crippen LogP contribution in [0.2, 0.25) is 0 Å². The Balaban J connectivity index is 1.45. The Kier molecular flexibility index (Phi) is 9.05. The number of fused-ring (bicyclic) bond motifs is 1. The minimum absolute atomic E-state index is 0.0165. The van der Waals surface area contributed by atoms with Gasteiger partial charge in [-0.25, -0.2) is 9.78 Å². The molecule has 0 radical (unpaired) electrons. The van der Waals surface area contributed by atoms with Crippen molar-refractivity contribution in [2.24, 2.45) is 0 Å². The van der Waals surface area contributed by atoms with Crippen molar-refractivity contribution < 1.29 is 18.0 Å². The van der Waals surface area contributed by atoms with Gasteiger partial charge in [-0.1, -0.05) is 94.8 Å². The van der Waals surface area contributed by atoms with E-state index >= 15 is 0 Å². The summed E-state index contributed by atoms with van der Waals surface area (Å²) in [5, 5.41) is 2.43. The number of aryl methyl sites for hydroxylation is 1. The van der Waals surface area contributed by atoms with Crippen molar-refractivity contribution in [3.8, 4) is 11.1 Å². The van der Waals surface area contributed by atoms with Gasteiger partial charge in [-0.05, 0) is 64.4 Å². The van der Waals surface area contributed by atoms with E-state index in [1.807, 2.05) is 12.1 Å². The van der Waals surface area contributed by atoms with Crippen LogP contribution in [-0.4, -0.2) is 22.6 Å². The number of carbonyl (C=O) groups is 1. The van der Waals surface area contributed by atoms with Crippen molar-refractivity contribution in [3.05, 3.63) is 114 Å². The molecule has 0 fully saturated rings. The number of rotatable bonds is 8. The third kappa shape index (κ3) is 7.06. The highest BCUT2D eigenvalue weighted by atomic mass is 19.4. The quantitative estimate of drug-likeness (QED) is 0.190. The fourth-order valence-corrected chi connectivity index (χ4v) is 5.59. The molecular weight excluding hydrogens is 573 g/mol. The van der Waals surface area contributed by atoms with Gasteiger partial charge in [-0.2, -0.15) is 13.2 Å². The molecule has 234 valence electrons. The summed E-state index contributed by atoms with van der Waals surface area (Å²) in [5.41, 5.74) is 5.83. The van der Waals surface area contributed by atoms with Gasteiger partial charge in [0.1, 0.15) is 5.82 Å². The van der Waals surface area contributed by atoms with Crippen molar-refractivity contribution in [2.75, 3.05) is 17.3 Å². The SMILES string of the molecule is CCCCc1nc2ccc(N(C)C(=O)Nc3ccccc3C(F)(F)F)cc2n1Cc1ccc(-c2ccccc2C(C)(C)C)cc1. The van der Waals surface area contributed by atoms with E-state index in [1.54, 1.807) is 13.1 Å². The summed E-state index contributed by atoms with van der Waals surface area (Å²) in [5.74, 6) is 0.956. The highest BCUT2D eigenvalue weighted by molar-refractivity contribution is 6.02. The van der Waals surface area contributed by atoms with E-state index in [-0.39, 0.29) is 11.1 Å². The number of unbranched alkanes of at least 4 members (excludes halogenated alkanes) is 1. The summed E-state index contributed by atoms with van der Waals surface area (Å²) in [4.78, 5) is 19.3. The molecule has 0 atom stereocenters. The molecule has 1 aromatic heterocycles. The maximum Gasteiger partial charge on any atom is 0.418 e. The van der Waals surface area contributed by atoms with E-state index < -0.39 is 17.8 Å². The minimum atomic E-state index is -4.59. The third-order valence-corrected chi connectivity index (χ3v) is 8.07. The molecule has 5 nitrogen and oxygen atoms in total. The van der Waals surface area contributed by atoms with Gasteiger partial charge >= 0.3 is 12.2 Å². The molecule has 5 aromatic rings. The van der Waals surface area contributed by atoms with Crippen molar-refractivity contribution >= 4 is 28.4 Å². The molecule has 0 saturated heterocycles. The predicted molar refractivity (Wildman–Crippen MR) is 177 cm³/mol. The summed E-state index contributed by atoms with van der Waals surface area (Å²) >= 11 is 0. The number of benzene rings is 4. The lowest BCUT2D eigenvalue weighted by molar-refractivity contribution is -0.136. The highest BCUT2D eigenvalue weighted by Crippen LogP contribution is 2.35. The van der Waals surface area contributed by atoms with Crippen LogP contribution in [0.3, 0.4) is 0 Å². The molecule has 0 saturated carbocycles. The molecule has 8 heteroatoms. The van der Waals surface area contributed by atoms with Gasteiger partial charge in [-0.15, -0.1) is 0 Å². The van der Waals surface area contributed by atoms with Crippen molar-refractivity contribution in [3.63, 3.8) is 0 Å². The predicted octanol–water partition coefficient (Wildman–Crippen LogP) is 10.1. The second-order valence-corrected chi connectivity index (χ2v) is 12.4. The number of alkyl halides is 3. The summed E-state index contributed by atoms with van der Waals surface area (Å²) < 4.78 is 42.7. The van der Waals surface area contributed by atoms with Gasteiger partial charge in [0.05, 0.1) is 22.3 Å². The van der Waals surface area contributed by atoms with E-state index in [9.17, 15) is 18.0 Å². The Hall–Kier alpha value is -4.59. The topological polar surface area (TPSA) is 50.2 Å². The van der Waals surface area contributed by atoms with Crippen LogP contribution < -0.4 is 10.2 Å². The maximum atomic E-state index is 13.5. The lowest BCUT2D eigenvalue weighted by atomic mass is 9.82. The largest absolute Gasteiger partial charge is 0.418 e. The molecule has 0 aliphatic rings. The Morgan fingerprint density at radius 2 is 1.56 bits per heavy atom. The fraction of sp³-hybridized carbons (Fsp3) is 0.297. The number of hydrogen-bond acceptors (Lipinski definition) is 2. The first kappa shape index (κ1) is 31.8.